The zero-order chi connectivity index (χ0) is 19.9. The first-order valence-electron chi connectivity index (χ1n) is 9.95. The topological polar surface area (TPSA) is 18.5 Å². The fourth-order valence-electron chi connectivity index (χ4n) is 3.28. The summed E-state index contributed by atoms with van der Waals surface area (Å²) >= 11 is 0. The van der Waals surface area contributed by atoms with Crippen LogP contribution in [0.3, 0.4) is 0 Å². The van der Waals surface area contributed by atoms with E-state index in [0.717, 1.165) is 69.9 Å². The summed E-state index contributed by atoms with van der Waals surface area (Å²) in [5, 5.41) is 4.08. The summed E-state index contributed by atoms with van der Waals surface area (Å²) in [5.41, 5.74) is 1.66. The first kappa shape index (κ1) is 19.7. The number of fused-ring (bicyclic) bond motifs is 3. The summed E-state index contributed by atoms with van der Waals surface area (Å²) in [6, 6.07) is 12.0. The third-order valence-electron chi connectivity index (χ3n) is 4.85. The minimum Gasteiger partial charge on any atom is -0.489 e. The van der Waals surface area contributed by atoms with Gasteiger partial charge in [0.2, 0.25) is 0 Å². The molecular weight excluding hydrogens is 344 g/mol. The molecule has 0 saturated heterocycles. The Bertz CT molecular complexity index is 977. The molecule has 0 aliphatic carbocycles. The molecule has 3 rings (SSSR count). The molecule has 2 nitrogen and oxygen atoms in total. The van der Waals surface area contributed by atoms with Gasteiger partial charge in [-0.2, -0.15) is 0 Å². The minimum absolute atomic E-state index is 0.653. The van der Waals surface area contributed by atoms with Crippen molar-refractivity contribution >= 4 is 21.5 Å². The van der Waals surface area contributed by atoms with Crippen LogP contribution in [0.5, 0.6) is 11.5 Å². The molecule has 0 N–H and O–H groups in total. The van der Waals surface area contributed by atoms with Gasteiger partial charge in [-0.1, -0.05) is 38.5 Å². The van der Waals surface area contributed by atoms with Crippen LogP contribution in [0.2, 0.25) is 0 Å². The number of benzene rings is 3. The van der Waals surface area contributed by atoms with Crippen LogP contribution in [-0.4, -0.2) is 13.2 Å². The first-order chi connectivity index (χ1) is 13.7. The molecule has 142 valence electrons. The van der Waals surface area contributed by atoms with E-state index in [2.05, 4.69) is 25.7 Å². The monoisotopic (exact) mass is 370 g/mol. The van der Waals surface area contributed by atoms with E-state index in [4.69, 9.17) is 22.3 Å². The van der Waals surface area contributed by atoms with E-state index < -0.39 is 0 Å². The Kier molecular flexibility index (Phi) is 6.46. The van der Waals surface area contributed by atoms with E-state index in [1.54, 1.807) is 0 Å². The predicted octanol–water partition coefficient (Wildman–Crippen LogP) is 6.31. The van der Waals surface area contributed by atoms with Crippen LogP contribution in [0.4, 0.5) is 0 Å². The SMILES string of the molecule is C#Cc1ccc2c(OCCCC)c(OCCCC)c3ccc(C#C)cc3c2c1. The second-order valence-electron chi connectivity index (χ2n) is 6.87. The molecule has 2 heteroatoms. The van der Waals surface area contributed by atoms with Crippen molar-refractivity contribution in [2.75, 3.05) is 13.2 Å². The summed E-state index contributed by atoms with van der Waals surface area (Å²) in [6.07, 6.45) is 15.4. The molecule has 0 fully saturated rings. The Morgan fingerprint density at radius 1 is 0.679 bits per heavy atom. The maximum atomic E-state index is 6.24. The minimum atomic E-state index is 0.653. The third kappa shape index (κ3) is 3.92. The van der Waals surface area contributed by atoms with Crippen molar-refractivity contribution in [2.24, 2.45) is 0 Å². The van der Waals surface area contributed by atoms with Crippen molar-refractivity contribution in [1.82, 2.24) is 0 Å². The Labute approximate surface area is 167 Å². The lowest BCUT2D eigenvalue weighted by molar-refractivity contribution is 0.267. The maximum Gasteiger partial charge on any atom is 0.169 e. The molecule has 0 aliphatic rings. The number of hydrogen-bond acceptors (Lipinski definition) is 2. The number of terminal acetylenes is 2. The van der Waals surface area contributed by atoms with Crippen molar-refractivity contribution in [3.05, 3.63) is 47.5 Å². The van der Waals surface area contributed by atoms with Crippen molar-refractivity contribution in [3.8, 4) is 36.2 Å². The molecule has 3 aromatic carbocycles. The smallest absolute Gasteiger partial charge is 0.169 e. The van der Waals surface area contributed by atoms with Crippen molar-refractivity contribution in [2.45, 2.75) is 39.5 Å². The lowest BCUT2D eigenvalue weighted by atomic mass is 9.96. The molecule has 0 spiro atoms. The Balaban J connectivity index is 2.31. The van der Waals surface area contributed by atoms with E-state index in [1.807, 2.05) is 36.4 Å². The molecule has 28 heavy (non-hydrogen) atoms. The largest absolute Gasteiger partial charge is 0.489 e. The van der Waals surface area contributed by atoms with Crippen molar-refractivity contribution < 1.29 is 9.47 Å². The van der Waals surface area contributed by atoms with Gasteiger partial charge in [0, 0.05) is 21.9 Å². The van der Waals surface area contributed by atoms with Crippen LogP contribution >= 0.6 is 0 Å². The maximum absolute atomic E-state index is 6.24. The van der Waals surface area contributed by atoms with Gasteiger partial charge in [0.15, 0.2) is 11.5 Å². The van der Waals surface area contributed by atoms with Gasteiger partial charge < -0.3 is 9.47 Å². The van der Waals surface area contributed by atoms with Gasteiger partial charge in [-0.05, 0) is 60.0 Å². The lowest BCUT2D eigenvalue weighted by Gasteiger charge is -2.19. The van der Waals surface area contributed by atoms with Crippen LogP contribution in [0.1, 0.15) is 50.7 Å². The molecule has 0 atom stereocenters. The Hall–Kier alpha value is -3.10. The number of rotatable bonds is 8. The van der Waals surface area contributed by atoms with Gasteiger partial charge in [-0.25, -0.2) is 0 Å². The number of hydrogen-bond donors (Lipinski definition) is 0. The summed E-state index contributed by atoms with van der Waals surface area (Å²) in [4.78, 5) is 0. The number of ether oxygens (including phenoxy) is 2. The molecule has 0 unspecified atom stereocenters. The quantitative estimate of drug-likeness (QED) is 0.263. The van der Waals surface area contributed by atoms with Gasteiger partial charge in [-0.3, -0.25) is 0 Å². The van der Waals surface area contributed by atoms with Crippen LogP contribution < -0.4 is 9.47 Å². The molecule has 0 aromatic heterocycles. The molecule has 0 amide bonds. The van der Waals surface area contributed by atoms with Crippen LogP contribution in [0.25, 0.3) is 21.5 Å². The lowest BCUT2D eigenvalue weighted by Crippen LogP contribution is -2.04. The van der Waals surface area contributed by atoms with Crippen LogP contribution in [0, 0.1) is 24.7 Å². The van der Waals surface area contributed by atoms with Gasteiger partial charge in [0.1, 0.15) is 0 Å². The van der Waals surface area contributed by atoms with Crippen LogP contribution in [0.15, 0.2) is 36.4 Å². The van der Waals surface area contributed by atoms with Crippen LogP contribution in [-0.2, 0) is 0 Å². The normalized spacial score (nSPS) is 10.6. The highest BCUT2D eigenvalue weighted by Gasteiger charge is 2.18. The summed E-state index contributed by atoms with van der Waals surface area (Å²) in [6.45, 7) is 5.61. The highest BCUT2D eigenvalue weighted by molar-refractivity contribution is 6.14. The summed E-state index contributed by atoms with van der Waals surface area (Å²) in [7, 11) is 0. The van der Waals surface area contributed by atoms with Crippen molar-refractivity contribution in [1.29, 1.82) is 0 Å². The molecule has 0 bridgehead atoms. The van der Waals surface area contributed by atoms with E-state index in [-0.39, 0.29) is 0 Å². The summed E-state index contributed by atoms with van der Waals surface area (Å²) in [5.74, 6) is 7.05. The fourth-order valence-corrected chi connectivity index (χ4v) is 3.28. The van der Waals surface area contributed by atoms with E-state index in [9.17, 15) is 0 Å². The Morgan fingerprint density at radius 3 is 1.46 bits per heavy atom. The van der Waals surface area contributed by atoms with Gasteiger partial charge in [0.05, 0.1) is 13.2 Å². The molecular formula is C26H26O2. The predicted molar refractivity (Wildman–Crippen MR) is 118 cm³/mol. The third-order valence-corrected chi connectivity index (χ3v) is 4.85. The van der Waals surface area contributed by atoms with Gasteiger partial charge in [-0.15, -0.1) is 12.8 Å². The molecule has 0 heterocycles. The molecule has 3 aromatic rings. The Morgan fingerprint density at radius 2 is 1.11 bits per heavy atom. The summed E-state index contributed by atoms with van der Waals surface area (Å²) < 4.78 is 12.5. The zero-order valence-electron chi connectivity index (χ0n) is 16.7. The average molecular weight is 370 g/mol. The molecule has 0 radical (unpaired) electrons. The van der Waals surface area contributed by atoms with Gasteiger partial charge in [0.25, 0.3) is 0 Å². The van der Waals surface area contributed by atoms with Gasteiger partial charge >= 0.3 is 0 Å². The highest BCUT2D eigenvalue weighted by atomic mass is 16.5. The second-order valence-corrected chi connectivity index (χ2v) is 6.87. The zero-order valence-corrected chi connectivity index (χ0v) is 16.7. The molecule has 0 saturated carbocycles. The second kappa shape index (κ2) is 9.20. The first-order valence-corrected chi connectivity index (χ1v) is 9.95. The highest BCUT2D eigenvalue weighted by Crippen LogP contribution is 2.44. The van der Waals surface area contributed by atoms with E-state index in [0.29, 0.717) is 13.2 Å². The standard InChI is InChI=1S/C26H26O2/c1-5-9-15-27-25-21-13-11-19(7-3)17-23(21)24-18-20(8-4)12-14-22(24)26(25)28-16-10-6-2/h3-4,11-14,17-18H,5-6,9-10,15-16H2,1-2H3. The van der Waals surface area contributed by atoms with E-state index in [1.165, 1.54) is 0 Å². The number of unbranched alkanes of at least 4 members (excludes halogenated alkanes) is 2. The fraction of sp³-hybridized carbons (Fsp3) is 0.308. The van der Waals surface area contributed by atoms with Crippen molar-refractivity contribution in [3.63, 3.8) is 0 Å². The molecule has 0 aliphatic heterocycles. The van der Waals surface area contributed by atoms with E-state index >= 15 is 0 Å². The average Bonchev–Trinajstić information content (AvgIpc) is 2.74.